The number of nitrogens with zero attached hydrogens (tertiary/aromatic N) is 3. The second kappa shape index (κ2) is 7.28. The Bertz CT molecular complexity index is 464. The van der Waals surface area contributed by atoms with Gasteiger partial charge in [0.05, 0.1) is 5.56 Å². The molecule has 1 rings (SSSR count). The van der Waals surface area contributed by atoms with Crippen LogP contribution in [-0.4, -0.2) is 54.4 Å². The number of pyridine rings is 1. The van der Waals surface area contributed by atoms with E-state index in [9.17, 15) is 13.6 Å². The van der Waals surface area contributed by atoms with Gasteiger partial charge >= 0.3 is 0 Å². The lowest BCUT2D eigenvalue weighted by Gasteiger charge is -2.26. The van der Waals surface area contributed by atoms with E-state index in [-0.39, 0.29) is 11.5 Å². The van der Waals surface area contributed by atoms with Crippen LogP contribution in [0.5, 0.6) is 0 Å². The molecular weight excluding hydrogens is 264 g/mol. The molecule has 6 heteroatoms. The molecule has 0 aliphatic heterocycles. The molecule has 0 aliphatic rings. The largest absolute Gasteiger partial charge is 0.337 e. The van der Waals surface area contributed by atoms with Crippen molar-refractivity contribution in [3.05, 3.63) is 29.6 Å². The second-order valence-corrected chi connectivity index (χ2v) is 5.41. The Morgan fingerprint density at radius 3 is 2.50 bits per heavy atom. The summed E-state index contributed by atoms with van der Waals surface area (Å²) in [5.74, 6) is -2.68. The fourth-order valence-electron chi connectivity index (χ4n) is 1.79. The molecule has 0 aromatic carbocycles. The van der Waals surface area contributed by atoms with Crippen LogP contribution in [0.1, 0.15) is 24.2 Å². The van der Waals surface area contributed by atoms with Gasteiger partial charge in [0.1, 0.15) is 0 Å². The molecule has 4 nitrogen and oxygen atoms in total. The van der Waals surface area contributed by atoms with Gasteiger partial charge in [0.25, 0.3) is 5.91 Å². The molecule has 0 spiro atoms. The van der Waals surface area contributed by atoms with E-state index in [0.717, 1.165) is 6.20 Å². The van der Waals surface area contributed by atoms with Crippen molar-refractivity contribution in [2.75, 3.05) is 33.7 Å². The van der Waals surface area contributed by atoms with E-state index in [1.54, 1.807) is 4.90 Å². The molecule has 1 amide bonds. The molecule has 1 aromatic rings. The number of halogens is 2. The maximum atomic E-state index is 13.7. The van der Waals surface area contributed by atoms with Crippen LogP contribution < -0.4 is 0 Å². The summed E-state index contributed by atoms with van der Waals surface area (Å²) >= 11 is 0. The van der Waals surface area contributed by atoms with E-state index >= 15 is 0 Å². The number of hydrogen-bond donors (Lipinski definition) is 0. The standard InChI is InChI=1S/C14H21F2N3O/c1-10(2)9-19(8-7-18(3)4)14(20)11-5-6-17-13(16)12(11)15/h5-6,10H,7-9H2,1-4H3. The van der Waals surface area contributed by atoms with Gasteiger partial charge in [-0.05, 0) is 26.1 Å². The van der Waals surface area contributed by atoms with Crippen molar-refractivity contribution in [1.29, 1.82) is 0 Å². The molecule has 0 saturated carbocycles. The molecule has 0 fully saturated rings. The molecule has 0 aliphatic carbocycles. The number of amides is 1. The van der Waals surface area contributed by atoms with Gasteiger partial charge in [-0.1, -0.05) is 13.8 Å². The number of hydrogen-bond acceptors (Lipinski definition) is 3. The maximum Gasteiger partial charge on any atom is 0.257 e. The zero-order valence-corrected chi connectivity index (χ0v) is 12.4. The van der Waals surface area contributed by atoms with E-state index in [1.165, 1.54) is 6.07 Å². The van der Waals surface area contributed by atoms with Crippen LogP contribution in [-0.2, 0) is 0 Å². The molecule has 1 aromatic heterocycles. The molecule has 0 atom stereocenters. The second-order valence-electron chi connectivity index (χ2n) is 5.41. The SMILES string of the molecule is CC(C)CN(CCN(C)C)C(=O)c1ccnc(F)c1F. The van der Waals surface area contributed by atoms with Crippen LogP contribution >= 0.6 is 0 Å². The molecule has 0 saturated heterocycles. The zero-order chi connectivity index (χ0) is 15.3. The summed E-state index contributed by atoms with van der Waals surface area (Å²) in [5, 5.41) is 0. The predicted molar refractivity (Wildman–Crippen MR) is 73.4 cm³/mol. The Balaban J connectivity index is 2.94. The smallest absolute Gasteiger partial charge is 0.257 e. The molecule has 0 unspecified atom stereocenters. The van der Waals surface area contributed by atoms with Crippen LogP contribution in [0.3, 0.4) is 0 Å². The average Bonchev–Trinajstić information content (AvgIpc) is 2.36. The third-order valence-corrected chi connectivity index (χ3v) is 2.77. The number of likely N-dealkylation sites (N-methyl/N-ethyl adjacent to an activating group) is 1. The van der Waals surface area contributed by atoms with E-state index in [2.05, 4.69) is 4.98 Å². The van der Waals surface area contributed by atoms with Crippen molar-refractivity contribution in [2.24, 2.45) is 5.92 Å². The Labute approximate surface area is 118 Å². The summed E-state index contributed by atoms with van der Waals surface area (Å²) in [5.41, 5.74) is -0.267. The van der Waals surface area contributed by atoms with Gasteiger partial charge in [0.15, 0.2) is 5.82 Å². The summed E-state index contributed by atoms with van der Waals surface area (Å²) < 4.78 is 26.8. The predicted octanol–water partition coefficient (Wildman–Crippen LogP) is 2.02. The van der Waals surface area contributed by atoms with Crippen LogP contribution in [0.4, 0.5) is 8.78 Å². The average molecular weight is 285 g/mol. The maximum absolute atomic E-state index is 13.7. The number of rotatable bonds is 6. The highest BCUT2D eigenvalue weighted by Crippen LogP contribution is 2.13. The third kappa shape index (κ3) is 4.52. The minimum atomic E-state index is -1.24. The fourth-order valence-corrected chi connectivity index (χ4v) is 1.79. The monoisotopic (exact) mass is 285 g/mol. The fraction of sp³-hybridized carbons (Fsp3) is 0.571. The first-order valence-electron chi connectivity index (χ1n) is 6.57. The van der Waals surface area contributed by atoms with E-state index in [4.69, 9.17) is 0 Å². The Hall–Kier alpha value is -1.56. The van der Waals surface area contributed by atoms with Crippen molar-refractivity contribution in [1.82, 2.24) is 14.8 Å². The van der Waals surface area contributed by atoms with Gasteiger partial charge in [0, 0.05) is 25.8 Å². The summed E-state index contributed by atoms with van der Waals surface area (Å²) in [6, 6.07) is 1.21. The molecule has 0 radical (unpaired) electrons. The van der Waals surface area contributed by atoms with Gasteiger partial charge in [-0.15, -0.1) is 0 Å². The molecule has 20 heavy (non-hydrogen) atoms. The lowest BCUT2D eigenvalue weighted by molar-refractivity contribution is 0.0718. The van der Waals surface area contributed by atoms with Crippen molar-refractivity contribution in [3.8, 4) is 0 Å². The van der Waals surface area contributed by atoms with E-state index in [1.807, 2.05) is 32.8 Å². The van der Waals surface area contributed by atoms with Gasteiger partial charge in [-0.25, -0.2) is 9.37 Å². The summed E-state index contributed by atoms with van der Waals surface area (Å²) in [6.07, 6.45) is 1.10. The number of carbonyl (C=O) groups is 1. The number of carbonyl (C=O) groups excluding carboxylic acids is 1. The van der Waals surface area contributed by atoms with E-state index < -0.39 is 17.7 Å². The minimum Gasteiger partial charge on any atom is -0.337 e. The van der Waals surface area contributed by atoms with Crippen molar-refractivity contribution >= 4 is 5.91 Å². The lowest BCUT2D eigenvalue weighted by Crippen LogP contribution is -2.39. The first-order chi connectivity index (χ1) is 9.32. The van der Waals surface area contributed by atoms with Gasteiger partial charge < -0.3 is 9.80 Å². The Morgan fingerprint density at radius 2 is 1.95 bits per heavy atom. The van der Waals surface area contributed by atoms with Crippen molar-refractivity contribution in [2.45, 2.75) is 13.8 Å². The van der Waals surface area contributed by atoms with Crippen LogP contribution in [0, 0.1) is 17.7 Å². The molecule has 0 bridgehead atoms. The van der Waals surface area contributed by atoms with Gasteiger partial charge in [-0.2, -0.15) is 4.39 Å². The van der Waals surface area contributed by atoms with Gasteiger partial charge in [0.2, 0.25) is 5.95 Å². The highest BCUT2D eigenvalue weighted by molar-refractivity contribution is 5.94. The zero-order valence-electron chi connectivity index (χ0n) is 12.4. The third-order valence-electron chi connectivity index (χ3n) is 2.77. The lowest BCUT2D eigenvalue weighted by atomic mass is 10.1. The first-order valence-corrected chi connectivity index (χ1v) is 6.57. The van der Waals surface area contributed by atoms with Crippen LogP contribution in [0.15, 0.2) is 12.3 Å². The Morgan fingerprint density at radius 1 is 1.30 bits per heavy atom. The van der Waals surface area contributed by atoms with Crippen molar-refractivity contribution < 1.29 is 13.6 Å². The van der Waals surface area contributed by atoms with Gasteiger partial charge in [-0.3, -0.25) is 4.79 Å². The van der Waals surface area contributed by atoms with E-state index in [0.29, 0.717) is 19.6 Å². The first kappa shape index (κ1) is 16.5. The highest BCUT2D eigenvalue weighted by Gasteiger charge is 2.22. The number of aromatic nitrogens is 1. The quantitative estimate of drug-likeness (QED) is 0.750. The van der Waals surface area contributed by atoms with Crippen LogP contribution in [0.25, 0.3) is 0 Å². The highest BCUT2D eigenvalue weighted by atomic mass is 19.2. The normalized spacial score (nSPS) is 11.2. The topological polar surface area (TPSA) is 36.4 Å². The summed E-state index contributed by atoms with van der Waals surface area (Å²) in [6.45, 7) is 5.57. The molecule has 112 valence electrons. The Kier molecular flexibility index (Phi) is 6.01. The summed E-state index contributed by atoms with van der Waals surface area (Å²) in [7, 11) is 3.79. The minimum absolute atomic E-state index is 0.246. The van der Waals surface area contributed by atoms with Crippen LogP contribution in [0.2, 0.25) is 0 Å². The van der Waals surface area contributed by atoms with Crippen molar-refractivity contribution in [3.63, 3.8) is 0 Å². The molecule has 0 N–H and O–H groups in total. The molecular formula is C14H21F2N3O. The summed E-state index contributed by atoms with van der Waals surface area (Å²) in [4.78, 5) is 19.0. The molecule has 1 heterocycles.